The molecule has 1 aliphatic rings. The third-order valence-electron chi connectivity index (χ3n) is 5.72. The standard InChI is InChI=1S/C23H39O6.3CO.Fe/c1-4-5-7-13-21(27-17-24)14-10-15-22(28-18(2)25)16-23(29-19(3)26)20-11-8-6-9-12-20;3*1-2;/h20-23H,4-16H2,1-3H3;;;;/q-1;;;;+2/t21-,22-,23-;;;;/m1..../s1. The van der Waals surface area contributed by atoms with Gasteiger partial charge in [0, 0.05) is 20.3 Å². The van der Waals surface area contributed by atoms with Gasteiger partial charge in [-0.3, -0.25) is 9.59 Å². The van der Waals surface area contributed by atoms with E-state index in [9.17, 15) is 14.4 Å². The maximum atomic E-state index is 11.6. The average Bonchev–Trinajstić information content (AvgIpc) is 2.87. The predicted molar refractivity (Wildman–Crippen MR) is 123 cm³/mol. The van der Waals surface area contributed by atoms with Crippen molar-refractivity contribution in [1.29, 1.82) is 0 Å². The maximum Gasteiger partial charge on any atom is 2.00 e. The van der Waals surface area contributed by atoms with Crippen molar-refractivity contribution in [3.63, 3.8) is 0 Å². The molecule has 0 aliphatic heterocycles. The van der Waals surface area contributed by atoms with Gasteiger partial charge in [0.15, 0.2) is 0 Å². The Balaban J connectivity index is -0.000000677. The van der Waals surface area contributed by atoms with E-state index in [1.807, 2.05) is 0 Å². The Morgan fingerprint density at radius 2 is 1.33 bits per heavy atom. The van der Waals surface area contributed by atoms with Gasteiger partial charge >= 0.3 is 62.9 Å². The molecule has 0 aromatic rings. The number of hydrogen-bond donors (Lipinski definition) is 0. The van der Waals surface area contributed by atoms with E-state index in [4.69, 9.17) is 28.2 Å². The molecule has 0 aromatic carbocycles. The van der Waals surface area contributed by atoms with E-state index in [0.717, 1.165) is 64.2 Å². The Kier molecular flexibility index (Phi) is 35.8. The number of carbonyl (C=O) groups is 2. The first-order chi connectivity index (χ1) is 17.0. The van der Waals surface area contributed by atoms with Crippen LogP contribution in [0.25, 0.3) is 0 Å². The SMILES string of the molecule is CCCCC[C@H](CCC[C@H](C[C@@H](OC(C)=O)C1CCCCC1)OC(C)=O)O[C-]=O.[C-]#[O+].[C-]#[O+].[C-]#[O+].[Fe+2]. The van der Waals surface area contributed by atoms with Crippen molar-refractivity contribution >= 4 is 18.4 Å². The molecular formula is C26H39FeO9+. The molecule has 9 nitrogen and oxygen atoms in total. The Hall–Kier alpha value is -1.85. The summed E-state index contributed by atoms with van der Waals surface area (Å²) in [6, 6.07) is 0. The second kappa shape index (κ2) is 31.2. The van der Waals surface area contributed by atoms with Crippen LogP contribution in [0.1, 0.15) is 104 Å². The van der Waals surface area contributed by atoms with E-state index in [1.54, 1.807) is 6.47 Å². The Bertz CT molecular complexity index is 584. The molecule has 0 saturated heterocycles. The van der Waals surface area contributed by atoms with Gasteiger partial charge in [-0.05, 0) is 50.9 Å². The molecule has 1 aliphatic carbocycles. The first-order valence-electron chi connectivity index (χ1n) is 11.9. The summed E-state index contributed by atoms with van der Waals surface area (Å²) in [5.41, 5.74) is 0. The number of ether oxygens (including phenoxy) is 3. The second-order valence-electron chi connectivity index (χ2n) is 8.26. The first kappa shape index (κ1) is 41.3. The normalized spacial score (nSPS) is 14.5. The molecule has 1 rings (SSSR count). The van der Waals surface area contributed by atoms with Crippen LogP contribution in [0.3, 0.4) is 0 Å². The number of unbranched alkanes of at least 4 members (excludes halogenated alkanes) is 2. The average molecular weight is 551 g/mol. The van der Waals surface area contributed by atoms with Gasteiger partial charge in [-0.2, -0.15) is 0 Å². The second-order valence-corrected chi connectivity index (χ2v) is 8.26. The van der Waals surface area contributed by atoms with Crippen LogP contribution in [0, 0.1) is 25.9 Å². The van der Waals surface area contributed by atoms with Crippen LogP contribution in [0.2, 0.25) is 0 Å². The van der Waals surface area contributed by atoms with Crippen LogP contribution in [-0.2, 0) is 59.6 Å². The zero-order valence-corrected chi connectivity index (χ0v) is 22.6. The summed E-state index contributed by atoms with van der Waals surface area (Å²) < 4.78 is 38.8. The first-order valence-corrected chi connectivity index (χ1v) is 11.9. The van der Waals surface area contributed by atoms with Crippen molar-refractivity contribution in [2.24, 2.45) is 5.92 Å². The smallest absolute Gasteiger partial charge is 2.00 e. The van der Waals surface area contributed by atoms with Crippen LogP contribution in [0.5, 0.6) is 0 Å². The third kappa shape index (κ3) is 23.9. The van der Waals surface area contributed by atoms with Crippen LogP contribution >= 0.6 is 0 Å². The molecule has 0 spiro atoms. The summed E-state index contributed by atoms with van der Waals surface area (Å²) in [7, 11) is 0. The Labute approximate surface area is 226 Å². The van der Waals surface area contributed by atoms with Crippen molar-refractivity contribution < 1.29 is 59.6 Å². The summed E-state index contributed by atoms with van der Waals surface area (Å²) in [4.78, 5) is 33.9. The van der Waals surface area contributed by atoms with Crippen molar-refractivity contribution in [1.82, 2.24) is 0 Å². The predicted octanol–water partition coefficient (Wildman–Crippen LogP) is 4.91. The summed E-state index contributed by atoms with van der Waals surface area (Å²) in [6.07, 6.45) is 11.8. The maximum absolute atomic E-state index is 11.6. The van der Waals surface area contributed by atoms with Crippen molar-refractivity contribution in [2.45, 2.75) is 123 Å². The molecule has 0 aromatic heterocycles. The van der Waals surface area contributed by atoms with Gasteiger partial charge in [-0.1, -0.05) is 45.5 Å². The van der Waals surface area contributed by atoms with Gasteiger partial charge in [0.1, 0.15) is 12.2 Å². The minimum absolute atomic E-state index is 0. The molecule has 0 amide bonds. The zero-order chi connectivity index (χ0) is 27.5. The summed E-state index contributed by atoms with van der Waals surface area (Å²) >= 11 is 0. The van der Waals surface area contributed by atoms with Gasteiger partial charge in [0.25, 0.3) is 0 Å². The van der Waals surface area contributed by atoms with Gasteiger partial charge < -0.3 is 19.0 Å². The van der Waals surface area contributed by atoms with Crippen LogP contribution < -0.4 is 0 Å². The van der Waals surface area contributed by atoms with E-state index in [-0.39, 0.29) is 47.3 Å². The van der Waals surface area contributed by atoms with Gasteiger partial charge in [-0.15, -0.1) is 0 Å². The van der Waals surface area contributed by atoms with E-state index in [1.165, 1.54) is 20.3 Å². The molecule has 10 heteroatoms. The fourth-order valence-electron chi connectivity index (χ4n) is 4.30. The summed E-state index contributed by atoms with van der Waals surface area (Å²) in [5.74, 6) is -0.272. The molecule has 1 saturated carbocycles. The molecule has 0 N–H and O–H groups in total. The number of rotatable bonds is 15. The van der Waals surface area contributed by atoms with Crippen LogP contribution in [0.15, 0.2) is 0 Å². The van der Waals surface area contributed by atoms with E-state index >= 15 is 0 Å². The minimum Gasteiger partial charge on any atom is 2.00 e. The monoisotopic (exact) mass is 551 g/mol. The molecular weight excluding hydrogens is 512 g/mol. The fourth-order valence-corrected chi connectivity index (χ4v) is 4.30. The van der Waals surface area contributed by atoms with Crippen LogP contribution in [-0.4, -0.2) is 36.7 Å². The summed E-state index contributed by atoms with van der Waals surface area (Å²) in [5, 5.41) is 0. The van der Waals surface area contributed by atoms with E-state index in [2.05, 4.69) is 26.9 Å². The Morgan fingerprint density at radius 3 is 1.81 bits per heavy atom. The number of esters is 2. The molecule has 0 heterocycles. The molecule has 204 valence electrons. The van der Waals surface area contributed by atoms with E-state index < -0.39 is 0 Å². The van der Waals surface area contributed by atoms with Crippen molar-refractivity contribution in [2.75, 3.05) is 0 Å². The third-order valence-corrected chi connectivity index (χ3v) is 5.72. The number of hydrogen-bond acceptors (Lipinski definition) is 6. The molecule has 0 radical (unpaired) electrons. The van der Waals surface area contributed by atoms with Crippen molar-refractivity contribution in [3.05, 3.63) is 20.0 Å². The van der Waals surface area contributed by atoms with Crippen molar-refractivity contribution in [3.8, 4) is 0 Å². The summed E-state index contributed by atoms with van der Waals surface area (Å²) in [6.45, 7) is 20.0. The minimum atomic E-state index is -0.322. The van der Waals surface area contributed by atoms with Gasteiger partial charge in [0.05, 0.1) is 6.10 Å². The van der Waals surface area contributed by atoms with Gasteiger partial charge in [0.2, 0.25) is 0 Å². The van der Waals surface area contributed by atoms with Crippen LogP contribution in [0.4, 0.5) is 0 Å². The fraction of sp³-hybridized carbons (Fsp3) is 0.769. The van der Waals surface area contributed by atoms with Gasteiger partial charge in [-0.25, -0.2) is 0 Å². The zero-order valence-electron chi connectivity index (χ0n) is 21.5. The van der Waals surface area contributed by atoms with E-state index in [0.29, 0.717) is 18.8 Å². The molecule has 1 fully saturated rings. The molecule has 0 bridgehead atoms. The largest absolute Gasteiger partial charge is 2.00 e. The molecule has 36 heavy (non-hydrogen) atoms. The molecule has 3 atom stereocenters. The topological polar surface area (TPSA) is 139 Å². The molecule has 0 unspecified atom stereocenters. The quantitative estimate of drug-likeness (QED) is 0.0708. The number of carbonyl (C=O) groups excluding carboxylic acids is 3. The Morgan fingerprint density at radius 1 is 0.833 bits per heavy atom.